The second-order valence-corrected chi connectivity index (χ2v) is 7.30. The minimum absolute atomic E-state index is 0.666. The Balaban J connectivity index is 1.65. The van der Waals surface area contributed by atoms with Crippen molar-refractivity contribution in [3.63, 3.8) is 0 Å². The van der Waals surface area contributed by atoms with Gasteiger partial charge in [0.05, 0.1) is 10.7 Å². The van der Waals surface area contributed by atoms with Crippen LogP contribution in [0.15, 0.2) is 11.4 Å². The highest BCUT2D eigenvalue weighted by molar-refractivity contribution is 7.12. The molecule has 94 valence electrons. The molecule has 1 unspecified atom stereocenters. The summed E-state index contributed by atoms with van der Waals surface area (Å²) in [7, 11) is 0. The second kappa shape index (κ2) is 4.44. The first kappa shape index (κ1) is 11.1. The first-order valence-corrected chi connectivity index (χ1v) is 8.38. The third-order valence-corrected chi connectivity index (χ3v) is 6.02. The topological polar surface area (TPSA) is 24.9 Å². The Morgan fingerprint density at radius 1 is 1.33 bits per heavy atom. The number of thiazole rings is 1. The van der Waals surface area contributed by atoms with Crippen LogP contribution in [0.25, 0.3) is 11.3 Å². The van der Waals surface area contributed by atoms with Gasteiger partial charge in [-0.25, -0.2) is 4.98 Å². The number of aryl methyl sites for hydroxylation is 2. The van der Waals surface area contributed by atoms with E-state index in [9.17, 15) is 0 Å². The largest absolute Gasteiger partial charge is 0.314 e. The first-order valence-electron chi connectivity index (χ1n) is 6.69. The summed E-state index contributed by atoms with van der Waals surface area (Å²) in [5, 5.41) is 7.11. The summed E-state index contributed by atoms with van der Waals surface area (Å²) in [4.78, 5) is 7.95. The van der Waals surface area contributed by atoms with Gasteiger partial charge in [0.1, 0.15) is 0 Å². The number of rotatable bonds is 2. The standard InChI is InChI=1S/C14H16N2S2/c1-2-9(15-6-1)8-13-16-14-10-5-7-17-11(10)3-4-12(14)18-13/h5,7,9,15H,1-4,6,8H2. The van der Waals surface area contributed by atoms with Crippen molar-refractivity contribution < 1.29 is 0 Å². The predicted molar refractivity (Wildman–Crippen MR) is 77.6 cm³/mol. The molecule has 1 N–H and O–H groups in total. The molecule has 18 heavy (non-hydrogen) atoms. The van der Waals surface area contributed by atoms with Crippen LogP contribution in [0.1, 0.15) is 27.6 Å². The van der Waals surface area contributed by atoms with Crippen LogP contribution in [0.4, 0.5) is 0 Å². The van der Waals surface area contributed by atoms with Crippen LogP contribution >= 0.6 is 22.7 Å². The van der Waals surface area contributed by atoms with Gasteiger partial charge in [0.25, 0.3) is 0 Å². The Labute approximate surface area is 115 Å². The fraction of sp³-hybridized carbons (Fsp3) is 0.500. The minimum atomic E-state index is 0.666. The summed E-state index contributed by atoms with van der Waals surface area (Å²) in [6.45, 7) is 1.18. The van der Waals surface area contributed by atoms with Crippen LogP contribution < -0.4 is 5.32 Å². The predicted octanol–water partition coefficient (Wildman–Crippen LogP) is 3.26. The maximum absolute atomic E-state index is 4.91. The number of nitrogens with one attached hydrogen (secondary N) is 1. The molecular formula is C14H16N2S2. The molecule has 0 amide bonds. The Kier molecular flexibility index (Phi) is 2.75. The van der Waals surface area contributed by atoms with Gasteiger partial charge in [-0.05, 0) is 43.7 Å². The smallest absolute Gasteiger partial charge is 0.0950 e. The van der Waals surface area contributed by atoms with Gasteiger partial charge in [-0.2, -0.15) is 0 Å². The van der Waals surface area contributed by atoms with Crippen LogP contribution in [0.2, 0.25) is 0 Å². The van der Waals surface area contributed by atoms with E-state index in [4.69, 9.17) is 4.98 Å². The Morgan fingerprint density at radius 2 is 2.28 bits per heavy atom. The van der Waals surface area contributed by atoms with Gasteiger partial charge >= 0.3 is 0 Å². The third kappa shape index (κ3) is 1.83. The van der Waals surface area contributed by atoms with E-state index in [1.54, 1.807) is 0 Å². The van der Waals surface area contributed by atoms with Gasteiger partial charge in [0, 0.05) is 27.8 Å². The third-order valence-electron chi connectivity index (χ3n) is 3.90. The van der Waals surface area contributed by atoms with Crippen molar-refractivity contribution in [2.75, 3.05) is 6.54 Å². The fourth-order valence-corrected chi connectivity index (χ4v) is 5.02. The van der Waals surface area contributed by atoms with Crippen LogP contribution in [0, 0.1) is 0 Å². The maximum atomic E-state index is 4.91. The molecule has 2 nitrogen and oxygen atoms in total. The molecule has 3 heterocycles. The zero-order valence-corrected chi connectivity index (χ0v) is 11.9. The normalized spacial score (nSPS) is 21.9. The van der Waals surface area contributed by atoms with Crippen LogP contribution in [0.3, 0.4) is 0 Å². The van der Waals surface area contributed by atoms with Crippen LogP contribution in [-0.2, 0) is 19.3 Å². The molecule has 0 aromatic carbocycles. The SMILES string of the molecule is c1cc2c(s1)CCc1sc(CC3CCCN3)nc1-2. The van der Waals surface area contributed by atoms with Gasteiger partial charge < -0.3 is 5.32 Å². The summed E-state index contributed by atoms with van der Waals surface area (Å²) < 4.78 is 0. The summed E-state index contributed by atoms with van der Waals surface area (Å²) in [6.07, 6.45) is 6.16. The molecule has 2 aliphatic rings. The molecular weight excluding hydrogens is 260 g/mol. The zero-order valence-electron chi connectivity index (χ0n) is 10.2. The average Bonchev–Trinajstić information content (AvgIpc) is 3.06. The Bertz CT molecular complexity index is 564. The van der Waals surface area contributed by atoms with Crippen molar-refractivity contribution in [2.24, 2.45) is 0 Å². The highest BCUT2D eigenvalue weighted by Crippen LogP contribution is 2.39. The van der Waals surface area contributed by atoms with Gasteiger partial charge in [0.15, 0.2) is 0 Å². The van der Waals surface area contributed by atoms with Gasteiger partial charge in [-0.1, -0.05) is 0 Å². The van der Waals surface area contributed by atoms with E-state index in [-0.39, 0.29) is 0 Å². The highest BCUT2D eigenvalue weighted by atomic mass is 32.1. The van der Waals surface area contributed by atoms with E-state index < -0.39 is 0 Å². The van der Waals surface area contributed by atoms with Crippen LogP contribution in [-0.4, -0.2) is 17.6 Å². The van der Waals surface area contributed by atoms with Crippen molar-refractivity contribution in [1.82, 2.24) is 10.3 Å². The van der Waals surface area contributed by atoms with Crippen molar-refractivity contribution in [1.29, 1.82) is 0 Å². The monoisotopic (exact) mass is 276 g/mol. The van der Waals surface area contributed by atoms with Crippen molar-refractivity contribution in [3.8, 4) is 11.3 Å². The number of aromatic nitrogens is 1. The van der Waals surface area contributed by atoms with Gasteiger partial charge in [0.2, 0.25) is 0 Å². The number of fused-ring (bicyclic) bond motifs is 3. The Morgan fingerprint density at radius 3 is 3.17 bits per heavy atom. The molecule has 0 bridgehead atoms. The number of nitrogens with zero attached hydrogens (tertiary/aromatic N) is 1. The minimum Gasteiger partial charge on any atom is -0.314 e. The van der Waals surface area contributed by atoms with Crippen molar-refractivity contribution in [2.45, 2.75) is 38.1 Å². The molecule has 1 aliphatic heterocycles. The van der Waals surface area contributed by atoms with Crippen molar-refractivity contribution in [3.05, 3.63) is 26.2 Å². The average molecular weight is 276 g/mol. The van der Waals surface area contributed by atoms with E-state index in [0.717, 1.165) is 6.42 Å². The van der Waals surface area contributed by atoms with Gasteiger partial charge in [-0.15, -0.1) is 22.7 Å². The number of thiophene rings is 1. The maximum Gasteiger partial charge on any atom is 0.0950 e. The quantitative estimate of drug-likeness (QED) is 0.910. The molecule has 1 fully saturated rings. The zero-order chi connectivity index (χ0) is 11.9. The lowest BCUT2D eigenvalue weighted by Gasteiger charge is -2.09. The molecule has 0 radical (unpaired) electrons. The first-order chi connectivity index (χ1) is 8.90. The molecule has 4 rings (SSSR count). The molecule has 1 saturated heterocycles. The van der Waals surface area contributed by atoms with E-state index in [2.05, 4.69) is 16.8 Å². The molecule has 0 saturated carbocycles. The summed E-state index contributed by atoms with van der Waals surface area (Å²) in [5.41, 5.74) is 2.69. The van der Waals surface area contributed by atoms with Gasteiger partial charge in [-0.3, -0.25) is 0 Å². The Hall–Kier alpha value is -0.710. The van der Waals surface area contributed by atoms with Crippen molar-refractivity contribution >= 4 is 22.7 Å². The fourth-order valence-electron chi connectivity index (χ4n) is 2.98. The number of hydrogen-bond donors (Lipinski definition) is 1. The van der Waals surface area contributed by atoms with E-state index in [1.165, 1.54) is 58.2 Å². The van der Waals surface area contributed by atoms with E-state index in [1.807, 2.05) is 22.7 Å². The lowest BCUT2D eigenvalue weighted by molar-refractivity contribution is 0.601. The molecule has 2 aromatic rings. The molecule has 1 atom stereocenters. The molecule has 4 heteroatoms. The second-order valence-electron chi connectivity index (χ2n) is 5.13. The highest BCUT2D eigenvalue weighted by Gasteiger charge is 2.23. The van der Waals surface area contributed by atoms with E-state index >= 15 is 0 Å². The van der Waals surface area contributed by atoms with Crippen LogP contribution in [0.5, 0.6) is 0 Å². The molecule has 0 spiro atoms. The lowest BCUT2D eigenvalue weighted by atomic mass is 10.0. The molecule has 2 aromatic heterocycles. The summed E-state index contributed by atoms with van der Waals surface area (Å²) in [6, 6.07) is 2.91. The summed E-state index contributed by atoms with van der Waals surface area (Å²) in [5.74, 6) is 0. The molecule has 1 aliphatic carbocycles. The summed E-state index contributed by atoms with van der Waals surface area (Å²) >= 11 is 3.83. The van der Waals surface area contributed by atoms with E-state index in [0.29, 0.717) is 6.04 Å². The lowest BCUT2D eigenvalue weighted by Crippen LogP contribution is -2.23. The number of hydrogen-bond acceptors (Lipinski definition) is 4.